The van der Waals surface area contributed by atoms with Crippen molar-refractivity contribution in [3.63, 3.8) is 0 Å². The third-order valence-corrected chi connectivity index (χ3v) is 5.22. The van der Waals surface area contributed by atoms with E-state index in [4.69, 9.17) is 4.74 Å². The zero-order valence-corrected chi connectivity index (χ0v) is 17.8. The molecule has 0 atom stereocenters. The molecule has 2 N–H and O–H groups in total. The summed E-state index contributed by atoms with van der Waals surface area (Å²) >= 11 is 1.18. The molecule has 0 saturated carbocycles. The first-order valence-electron chi connectivity index (χ1n) is 9.77. The highest BCUT2D eigenvalue weighted by Gasteiger charge is 2.14. The molecule has 3 rings (SSSR count). The Bertz CT molecular complexity index is 1000. The summed E-state index contributed by atoms with van der Waals surface area (Å²) in [5.74, 6) is 0.302. The molecule has 30 heavy (non-hydrogen) atoms. The number of nitrogens with zero attached hydrogens (tertiary/aromatic N) is 2. The van der Waals surface area contributed by atoms with Crippen molar-refractivity contribution in [1.29, 1.82) is 0 Å². The highest BCUT2D eigenvalue weighted by molar-refractivity contribution is 7.13. The van der Waals surface area contributed by atoms with Gasteiger partial charge in [-0.05, 0) is 49.2 Å². The van der Waals surface area contributed by atoms with Crippen LogP contribution < -0.4 is 15.4 Å². The van der Waals surface area contributed by atoms with E-state index in [-0.39, 0.29) is 23.4 Å². The molecule has 3 aromatic rings. The summed E-state index contributed by atoms with van der Waals surface area (Å²) in [5.41, 5.74) is 2.16. The van der Waals surface area contributed by atoms with Gasteiger partial charge < -0.3 is 15.4 Å². The molecule has 0 unspecified atom stereocenters. The number of hydrogen-bond donors (Lipinski definition) is 2. The monoisotopic (exact) mass is 424 g/mol. The van der Waals surface area contributed by atoms with Gasteiger partial charge in [0.2, 0.25) is 5.01 Å². The van der Waals surface area contributed by atoms with Crippen molar-refractivity contribution in [2.24, 2.45) is 0 Å². The van der Waals surface area contributed by atoms with Crippen molar-refractivity contribution in [2.75, 3.05) is 11.9 Å². The van der Waals surface area contributed by atoms with Crippen LogP contribution in [0.4, 0.5) is 5.69 Å². The van der Waals surface area contributed by atoms with Gasteiger partial charge in [-0.25, -0.2) is 0 Å². The molecule has 2 aromatic carbocycles. The Hall–Kier alpha value is -3.26. The number of unbranched alkanes of at least 4 members (excludes halogenated alkanes) is 1. The van der Waals surface area contributed by atoms with Gasteiger partial charge in [-0.15, -0.1) is 10.2 Å². The standard InChI is InChI=1S/C22H24N4O3S/c1-3-4-13-23-20(27)16-9-11-17(12-10-16)24-21(28)22-26-25-19(30-22)14-29-18-8-6-5-7-15(18)2/h5-12H,3-4,13-14H2,1-2H3,(H,23,27)(H,24,28). The number of benzene rings is 2. The molecule has 156 valence electrons. The zero-order valence-electron chi connectivity index (χ0n) is 17.0. The molecular formula is C22H24N4O3S. The van der Waals surface area contributed by atoms with Crippen molar-refractivity contribution >= 4 is 28.8 Å². The van der Waals surface area contributed by atoms with E-state index < -0.39 is 0 Å². The molecule has 0 radical (unpaired) electrons. The molecule has 0 bridgehead atoms. The van der Waals surface area contributed by atoms with Crippen LogP contribution in [0.3, 0.4) is 0 Å². The van der Waals surface area contributed by atoms with Crippen molar-refractivity contribution < 1.29 is 14.3 Å². The Morgan fingerprint density at radius 3 is 2.53 bits per heavy atom. The van der Waals surface area contributed by atoms with Crippen molar-refractivity contribution in [1.82, 2.24) is 15.5 Å². The molecule has 8 heteroatoms. The number of nitrogens with one attached hydrogen (secondary N) is 2. The maximum absolute atomic E-state index is 12.4. The van der Waals surface area contributed by atoms with E-state index in [0.29, 0.717) is 22.8 Å². The van der Waals surface area contributed by atoms with E-state index in [0.717, 1.165) is 24.2 Å². The zero-order chi connectivity index (χ0) is 21.3. The van der Waals surface area contributed by atoms with Crippen LogP contribution in [-0.4, -0.2) is 28.6 Å². The van der Waals surface area contributed by atoms with Crippen molar-refractivity contribution in [3.8, 4) is 5.75 Å². The predicted molar refractivity (Wildman–Crippen MR) is 117 cm³/mol. The van der Waals surface area contributed by atoms with Crippen LogP contribution in [0.1, 0.15) is 50.5 Å². The molecule has 1 aromatic heterocycles. The summed E-state index contributed by atoms with van der Waals surface area (Å²) in [5, 5.41) is 14.5. The first-order chi connectivity index (χ1) is 14.6. The predicted octanol–water partition coefficient (Wildman–Crippen LogP) is 4.21. The highest BCUT2D eigenvalue weighted by Crippen LogP contribution is 2.20. The third kappa shape index (κ3) is 5.87. The molecule has 0 spiro atoms. The van der Waals surface area contributed by atoms with Crippen molar-refractivity contribution in [2.45, 2.75) is 33.3 Å². The average molecular weight is 425 g/mol. The van der Waals surface area contributed by atoms with Gasteiger partial charge in [-0.3, -0.25) is 9.59 Å². The molecular weight excluding hydrogens is 400 g/mol. The van der Waals surface area contributed by atoms with Crippen LogP contribution in [0.25, 0.3) is 0 Å². The van der Waals surface area contributed by atoms with E-state index in [1.165, 1.54) is 11.3 Å². The van der Waals surface area contributed by atoms with Gasteiger partial charge in [0.1, 0.15) is 12.4 Å². The second-order valence-electron chi connectivity index (χ2n) is 6.70. The number of carbonyl (C=O) groups is 2. The minimum Gasteiger partial charge on any atom is -0.486 e. The Morgan fingerprint density at radius 1 is 1.03 bits per heavy atom. The molecule has 1 heterocycles. The van der Waals surface area contributed by atoms with Crippen LogP contribution in [0.5, 0.6) is 5.75 Å². The van der Waals surface area contributed by atoms with Gasteiger partial charge in [-0.2, -0.15) is 0 Å². The topological polar surface area (TPSA) is 93.2 Å². The average Bonchev–Trinajstić information content (AvgIpc) is 3.23. The molecule has 0 aliphatic rings. The van der Waals surface area contributed by atoms with E-state index in [1.54, 1.807) is 24.3 Å². The SMILES string of the molecule is CCCCNC(=O)c1ccc(NC(=O)c2nnc(COc3ccccc3C)s2)cc1. The summed E-state index contributed by atoms with van der Waals surface area (Å²) in [6.45, 7) is 4.94. The Labute approximate surface area is 179 Å². The number of para-hydroxylation sites is 1. The summed E-state index contributed by atoms with van der Waals surface area (Å²) in [6, 6.07) is 14.4. The number of rotatable bonds is 9. The Morgan fingerprint density at radius 2 is 1.80 bits per heavy atom. The number of carbonyl (C=O) groups excluding carboxylic acids is 2. The lowest BCUT2D eigenvalue weighted by Crippen LogP contribution is -2.24. The van der Waals surface area contributed by atoms with Crippen LogP contribution in [0.15, 0.2) is 48.5 Å². The maximum atomic E-state index is 12.4. The van der Waals surface area contributed by atoms with Crippen LogP contribution in [0, 0.1) is 6.92 Å². The minimum absolute atomic E-state index is 0.122. The van der Waals surface area contributed by atoms with Gasteiger partial charge in [-0.1, -0.05) is 42.9 Å². The van der Waals surface area contributed by atoms with Gasteiger partial charge in [0, 0.05) is 17.8 Å². The highest BCUT2D eigenvalue weighted by atomic mass is 32.1. The summed E-state index contributed by atoms with van der Waals surface area (Å²) in [6.07, 6.45) is 1.97. The second kappa shape index (κ2) is 10.5. The quantitative estimate of drug-likeness (QED) is 0.502. The molecule has 2 amide bonds. The molecule has 0 aliphatic carbocycles. The first-order valence-corrected chi connectivity index (χ1v) is 10.6. The van der Waals surface area contributed by atoms with Gasteiger partial charge in [0.05, 0.1) is 0 Å². The molecule has 7 nitrogen and oxygen atoms in total. The molecule has 0 saturated heterocycles. The lowest BCUT2D eigenvalue weighted by atomic mass is 10.2. The number of aryl methyl sites for hydroxylation is 1. The number of ether oxygens (including phenoxy) is 1. The lowest BCUT2D eigenvalue weighted by Gasteiger charge is -2.06. The molecule has 0 aliphatic heterocycles. The largest absolute Gasteiger partial charge is 0.486 e. The fourth-order valence-electron chi connectivity index (χ4n) is 2.63. The molecule has 0 fully saturated rings. The summed E-state index contributed by atoms with van der Waals surface area (Å²) in [7, 11) is 0. The van der Waals surface area contributed by atoms with Crippen molar-refractivity contribution in [3.05, 3.63) is 69.7 Å². The fourth-order valence-corrected chi connectivity index (χ4v) is 3.28. The van der Waals surface area contributed by atoms with Gasteiger partial charge >= 0.3 is 0 Å². The Balaban J connectivity index is 1.53. The van der Waals surface area contributed by atoms with E-state index in [1.807, 2.05) is 31.2 Å². The number of anilines is 1. The van der Waals surface area contributed by atoms with Crippen LogP contribution >= 0.6 is 11.3 Å². The van der Waals surface area contributed by atoms with Gasteiger partial charge in [0.15, 0.2) is 5.01 Å². The summed E-state index contributed by atoms with van der Waals surface area (Å²) in [4.78, 5) is 24.5. The fraction of sp³-hybridized carbons (Fsp3) is 0.273. The third-order valence-electron chi connectivity index (χ3n) is 4.33. The summed E-state index contributed by atoms with van der Waals surface area (Å²) < 4.78 is 5.74. The number of amides is 2. The van der Waals surface area contributed by atoms with E-state index >= 15 is 0 Å². The second-order valence-corrected chi connectivity index (χ2v) is 7.76. The van der Waals surface area contributed by atoms with Gasteiger partial charge in [0.25, 0.3) is 11.8 Å². The normalized spacial score (nSPS) is 10.5. The van der Waals surface area contributed by atoms with E-state index in [2.05, 4.69) is 27.8 Å². The lowest BCUT2D eigenvalue weighted by molar-refractivity contribution is 0.0952. The minimum atomic E-state index is -0.352. The van der Waals surface area contributed by atoms with Crippen LogP contribution in [-0.2, 0) is 6.61 Å². The number of hydrogen-bond acceptors (Lipinski definition) is 6. The van der Waals surface area contributed by atoms with E-state index in [9.17, 15) is 9.59 Å². The Kier molecular flexibility index (Phi) is 7.51. The number of aromatic nitrogens is 2. The maximum Gasteiger partial charge on any atom is 0.286 e. The smallest absolute Gasteiger partial charge is 0.286 e. The van der Waals surface area contributed by atoms with Crippen LogP contribution in [0.2, 0.25) is 0 Å². The first kappa shape index (κ1) is 21.4.